The summed E-state index contributed by atoms with van der Waals surface area (Å²) in [5, 5.41) is 21.1. The van der Waals surface area contributed by atoms with Crippen LogP contribution in [0.2, 0.25) is 0 Å². The number of hydrogen-bond donors (Lipinski definition) is 3. The molecule has 4 unspecified atom stereocenters. The van der Waals surface area contributed by atoms with E-state index in [-0.39, 0.29) is 25.0 Å². The number of imide groups is 1. The molecular formula is C10H13NO5. The molecule has 3 aliphatic heterocycles. The number of fused-ring (bicyclic) bond motifs is 5. The number of rotatable bonds is 2. The maximum absolute atomic E-state index is 11.7. The molecule has 3 saturated heterocycles. The first-order valence-electron chi connectivity index (χ1n) is 5.35. The van der Waals surface area contributed by atoms with Crippen molar-refractivity contribution < 1.29 is 24.5 Å². The summed E-state index contributed by atoms with van der Waals surface area (Å²) in [7, 11) is 0. The third-order valence-corrected chi connectivity index (χ3v) is 4.19. The van der Waals surface area contributed by atoms with E-state index in [1.807, 2.05) is 0 Å². The fourth-order valence-electron chi connectivity index (χ4n) is 3.45. The van der Waals surface area contributed by atoms with Crippen molar-refractivity contribution in [2.45, 2.75) is 24.0 Å². The number of ether oxygens (including phenoxy) is 1. The molecule has 0 saturated carbocycles. The molecular weight excluding hydrogens is 214 g/mol. The SMILES string of the molecule is O=C1NC(=O)C2C1C1(CO)CCC2(CO)O1. The average molecular weight is 227 g/mol. The van der Waals surface area contributed by atoms with Gasteiger partial charge in [0.1, 0.15) is 11.2 Å². The maximum Gasteiger partial charge on any atom is 0.233 e. The lowest BCUT2D eigenvalue weighted by molar-refractivity contribution is -0.141. The summed E-state index contributed by atoms with van der Waals surface area (Å²) in [6.45, 7) is -0.590. The minimum absolute atomic E-state index is 0.295. The molecule has 3 rings (SSSR count). The van der Waals surface area contributed by atoms with Crippen LogP contribution in [0.1, 0.15) is 12.8 Å². The van der Waals surface area contributed by atoms with Gasteiger partial charge in [-0.05, 0) is 12.8 Å². The molecule has 0 aromatic carbocycles. The Hall–Kier alpha value is -0.980. The quantitative estimate of drug-likeness (QED) is 0.482. The molecule has 3 aliphatic rings. The van der Waals surface area contributed by atoms with Crippen molar-refractivity contribution in [1.82, 2.24) is 5.32 Å². The lowest BCUT2D eigenvalue weighted by atomic mass is 9.68. The number of aliphatic hydroxyl groups excluding tert-OH is 2. The van der Waals surface area contributed by atoms with Crippen molar-refractivity contribution in [1.29, 1.82) is 0 Å². The Kier molecular flexibility index (Phi) is 1.80. The molecule has 0 aliphatic carbocycles. The molecule has 0 aromatic rings. The van der Waals surface area contributed by atoms with Crippen molar-refractivity contribution >= 4 is 11.8 Å². The zero-order valence-electron chi connectivity index (χ0n) is 8.60. The van der Waals surface area contributed by atoms with Crippen LogP contribution >= 0.6 is 0 Å². The van der Waals surface area contributed by atoms with E-state index in [2.05, 4.69) is 5.32 Å². The fourth-order valence-corrected chi connectivity index (χ4v) is 3.45. The predicted octanol–water partition coefficient (Wildman–Crippen LogP) is -1.84. The van der Waals surface area contributed by atoms with Crippen molar-refractivity contribution in [3.05, 3.63) is 0 Å². The van der Waals surface area contributed by atoms with Gasteiger partial charge in [-0.2, -0.15) is 0 Å². The predicted molar refractivity (Wildman–Crippen MR) is 50.1 cm³/mol. The van der Waals surface area contributed by atoms with Gasteiger partial charge < -0.3 is 14.9 Å². The van der Waals surface area contributed by atoms with Crippen LogP contribution in [0.5, 0.6) is 0 Å². The highest BCUT2D eigenvalue weighted by Gasteiger charge is 2.73. The van der Waals surface area contributed by atoms with Gasteiger partial charge in [-0.3, -0.25) is 14.9 Å². The van der Waals surface area contributed by atoms with Gasteiger partial charge in [0.05, 0.1) is 25.0 Å². The number of amides is 2. The number of nitrogens with one attached hydrogen (secondary N) is 1. The van der Waals surface area contributed by atoms with E-state index in [9.17, 15) is 19.8 Å². The zero-order valence-corrected chi connectivity index (χ0v) is 8.60. The van der Waals surface area contributed by atoms with Crippen LogP contribution < -0.4 is 5.32 Å². The van der Waals surface area contributed by atoms with Gasteiger partial charge in [-0.1, -0.05) is 0 Å². The Morgan fingerprint density at radius 1 is 1.12 bits per heavy atom. The van der Waals surface area contributed by atoms with Gasteiger partial charge in [0, 0.05) is 0 Å². The third kappa shape index (κ3) is 0.888. The molecule has 0 radical (unpaired) electrons. The van der Waals surface area contributed by atoms with Crippen molar-refractivity contribution in [2.24, 2.45) is 11.8 Å². The van der Waals surface area contributed by atoms with Crippen molar-refractivity contribution in [3.63, 3.8) is 0 Å². The molecule has 2 bridgehead atoms. The van der Waals surface area contributed by atoms with Gasteiger partial charge in [0.15, 0.2) is 0 Å². The van der Waals surface area contributed by atoms with Crippen LogP contribution in [0, 0.1) is 11.8 Å². The van der Waals surface area contributed by atoms with E-state index in [0.717, 1.165) is 0 Å². The summed E-state index contributed by atoms with van der Waals surface area (Å²) in [4.78, 5) is 23.3. The van der Waals surface area contributed by atoms with Crippen molar-refractivity contribution in [3.8, 4) is 0 Å². The second-order valence-corrected chi connectivity index (χ2v) is 4.86. The first kappa shape index (κ1) is 10.2. The number of carbonyl (C=O) groups excluding carboxylic acids is 2. The topological polar surface area (TPSA) is 95.9 Å². The van der Waals surface area contributed by atoms with Gasteiger partial charge >= 0.3 is 0 Å². The first-order chi connectivity index (χ1) is 7.58. The van der Waals surface area contributed by atoms with E-state index < -0.39 is 23.0 Å². The summed E-state index contributed by atoms with van der Waals surface area (Å²) in [5.41, 5.74) is -1.94. The standard InChI is InChI=1S/C10H13NO5/c12-3-9-1-2-10(4-13,16-9)6-5(9)7(14)11-8(6)15/h5-6,12-13H,1-4H2,(H,11,14,15). The number of hydrogen-bond acceptors (Lipinski definition) is 5. The summed E-state index contributed by atoms with van der Waals surface area (Å²) < 4.78 is 5.67. The smallest absolute Gasteiger partial charge is 0.233 e. The highest BCUT2D eigenvalue weighted by atomic mass is 16.6. The second-order valence-electron chi connectivity index (χ2n) is 4.86. The van der Waals surface area contributed by atoms with Crippen molar-refractivity contribution in [2.75, 3.05) is 13.2 Å². The van der Waals surface area contributed by atoms with Crippen LogP contribution in [-0.4, -0.2) is 46.4 Å². The molecule has 3 N–H and O–H groups in total. The van der Waals surface area contributed by atoms with Gasteiger partial charge in [-0.15, -0.1) is 0 Å². The third-order valence-electron chi connectivity index (χ3n) is 4.19. The number of aliphatic hydroxyl groups is 2. The lowest BCUT2D eigenvalue weighted by Gasteiger charge is -2.29. The molecule has 88 valence electrons. The summed E-state index contributed by atoms with van der Waals surface area (Å²) in [5.74, 6) is -2.07. The highest BCUT2D eigenvalue weighted by Crippen LogP contribution is 2.58. The Morgan fingerprint density at radius 3 is 1.94 bits per heavy atom. The summed E-state index contributed by atoms with van der Waals surface area (Å²) >= 11 is 0. The zero-order chi connectivity index (χ0) is 11.6. The van der Waals surface area contributed by atoms with Crippen LogP contribution in [0.3, 0.4) is 0 Å². The van der Waals surface area contributed by atoms with E-state index in [1.54, 1.807) is 0 Å². The molecule has 16 heavy (non-hydrogen) atoms. The largest absolute Gasteiger partial charge is 0.393 e. The van der Waals surface area contributed by atoms with E-state index in [0.29, 0.717) is 12.8 Å². The molecule has 4 atom stereocenters. The van der Waals surface area contributed by atoms with E-state index in [1.165, 1.54) is 0 Å². The Morgan fingerprint density at radius 2 is 1.56 bits per heavy atom. The maximum atomic E-state index is 11.7. The monoisotopic (exact) mass is 227 g/mol. The lowest BCUT2D eigenvalue weighted by Crippen LogP contribution is -2.45. The average Bonchev–Trinajstić information content (AvgIpc) is 2.89. The van der Waals surface area contributed by atoms with E-state index >= 15 is 0 Å². The molecule has 0 aromatic heterocycles. The highest BCUT2D eigenvalue weighted by molar-refractivity contribution is 6.07. The Balaban J connectivity index is 2.10. The minimum atomic E-state index is -0.969. The van der Waals surface area contributed by atoms with Gasteiger partial charge in [0.2, 0.25) is 11.8 Å². The molecule has 6 heteroatoms. The van der Waals surface area contributed by atoms with Gasteiger partial charge in [-0.25, -0.2) is 0 Å². The molecule has 3 fully saturated rings. The summed E-state index contributed by atoms with van der Waals surface area (Å²) in [6, 6.07) is 0. The fraction of sp³-hybridized carbons (Fsp3) is 0.800. The van der Waals surface area contributed by atoms with Crippen LogP contribution in [0.15, 0.2) is 0 Å². The molecule has 2 amide bonds. The molecule has 6 nitrogen and oxygen atoms in total. The first-order valence-corrected chi connectivity index (χ1v) is 5.35. The normalized spacial score (nSPS) is 49.6. The van der Waals surface area contributed by atoms with E-state index in [4.69, 9.17) is 4.74 Å². The molecule has 0 spiro atoms. The minimum Gasteiger partial charge on any atom is -0.393 e. The summed E-state index contributed by atoms with van der Waals surface area (Å²) in [6.07, 6.45) is 1.01. The second kappa shape index (κ2) is 2.82. The molecule has 3 heterocycles. The van der Waals surface area contributed by atoms with Crippen LogP contribution in [0.4, 0.5) is 0 Å². The Bertz CT molecular complexity index is 349. The van der Waals surface area contributed by atoms with Gasteiger partial charge in [0.25, 0.3) is 0 Å². The van der Waals surface area contributed by atoms with Crippen LogP contribution in [0.25, 0.3) is 0 Å². The number of carbonyl (C=O) groups is 2. The van der Waals surface area contributed by atoms with Crippen LogP contribution in [-0.2, 0) is 14.3 Å². The Labute approximate surface area is 91.6 Å².